The predicted octanol–water partition coefficient (Wildman–Crippen LogP) is 3.05. The first kappa shape index (κ1) is 14.0. The lowest BCUT2D eigenvalue weighted by Gasteiger charge is -2.11. The number of nitrogens with one attached hydrogen (secondary N) is 1. The van der Waals surface area contributed by atoms with Gasteiger partial charge in [0.25, 0.3) is 0 Å². The molecule has 23 heavy (non-hydrogen) atoms. The molecule has 5 heteroatoms. The molecule has 4 rings (SSSR count). The maximum Gasteiger partial charge on any atom is 0.132 e. The van der Waals surface area contributed by atoms with Crippen molar-refractivity contribution >= 4 is 0 Å². The summed E-state index contributed by atoms with van der Waals surface area (Å²) in [6.45, 7) is 1.88. The van der Waals surface area contributed by atoms with Crippen LogP contribution in [0.4, 0.5) is 4.39 Å². The van der Waals surface area contributed by atoms with Crippen LogP contribution in [0, 0.1) is 5.82 Å². The maximum atomic E-state index is 14.3. The van der Waals surface area contributed by atoms with Crippen LogP contribution in [0.1, 0.15) is 16.8 Å². The number of aromatic hydroxyl groups is 1. The second-order valence-corrected chi connectivity index (χ2v) is 5.68. The first-order chi connectivity index (χ1) is 11.2. The van der Waals surface area contributed by atoms with Gasteiger partial charge in [0.05, 0.1) is 17.9 Å². The summed E-state index contributed by atoms with van der Waals surface area (Å²) in [5.41, 5.74) is 4.31. The molecule has 1 aliphatic heterocycles. The standard InChI is InChI=1S/C18H16FN3O/c19-16-7-2-1-6-14(16)18-15-9-20-10-17(15)21-22(18)11-12-4-3-5-13(23)8-12/h1-8,20,23H,9-11H2. The topological polar surface area (TPSA) is 50.1 Å². The zero-order valence-electron chi connectivity index (χ0n) is 12.5. The molecule has 0 amide bonds. The van der Waals surface area contributed by atoms with Gasteiger partial charge >= 0.3 is 0 Å². The Morgan fingerprint density at radius 3 is 2.83 bits per heavy atom. The molecular formula is C18H16FN3O. The third-order valence-electron chi connectivity index (χ3n) is 4.10. The SMILES string of the molecule is Oc1cccc(Cn2nc3c(c2-c2ccccc2F)CNC3)c1. The number of fused-ring (bicyclic) bond motifs is 1. The van der Waals surface area contributed by atoms with Crippen LogP contribution >= 0.6 is 0 Å². The van der Waals surface area contributed by atoms with Gasteiger partial charge in [0, 0.05) is 24.2 Å². The minimum absolute atomic E-state index is 0.219. The van der Waals surface area contributed by atoms with Crippen LogP contribution < -0.4 is 5.32 Å². The molecule has 116 valence electrons. The van der Waals surface area contributed by atoms with Gasteiger partial charge in [0.2, 0.25) is 0 Å². The Balaban J connectivity index is 1.83. The molecule has 2 heterocycles. The van der Waals surface area contributed by atoms with E-state index in [2.05, 4.69) is 10.4 Å². The monoisotopic (exact) mass is 309 g/mol. The van der Waals surface area contributed by atoms with Crippen molar-refractivity contribution in [1.29, 1.82) is 0 Å². The van der Waals surface area contributed by atoms with Gasteiger partial charge in [-0.05, 0) is 29.8 Å². The molecule has 0 radical (unpaired) electrons. The van der Waals surface area contributed by atoms with Gasteiger partial charge in [-0.1, -0.05) is 24.3 Å². The molecule has 1 aliphatic rings. The Hall–Kier alpha value is -2.66. The smallest absolute Gasteiger partial charge is 0.132 e. The molecule has 0 saturated carbocycles. The Kier molecular flexibility index (Phi) is 3.35. The summed E-state index contributed by atoms with van der Waals surface area (Å²) in [6, 6.07) is 13.8. The average molecular weight is 309 g/mol. The molecule has 0 fully saturated rings. The van der Waals surface area contributed by atoms with Crippen LogP contribution in [0.5, 0.6) is 5.75 Å². The summed E-state index contributed by atoms with van der Waals surface area (Å²) < 4.78 is 16.1. The van der Waals surface area contributed by atoms with Crippen molar-refractivity contribution in [3.05, 3.63) is 71.2 Å². The summed E-state index contributed by atoms with van der Waals surface area (Å²) in [4.78, 5) is 0. The molecule has 0 atom stereocenters. The second kappa shape index (κ2) is 5.52. The Morgan fingerprint density at radius 1 is 1.13 bits per heavy atom. The number of nitrogens with zero attached hydrogens (tertiary/aromatic N) is 2. The third-order valence-corrected chi connectivity index (χ3v) is 4.10. The van der Waals surface area contributed by atoms with Gasteiger partial charge in [-0.25, -0.2) is 4.39 Å². The summed E-state index contributed by atoms with van der Waals surface area (Å²) >= 11 is 0. The van der Waals surface area contributed by atoms with Crippen molar-refractivity contribution in [2.24, 2.45) is 0 Å². The lowest BCUT2D eigenvalue weighted by molar-refractivity contribution is 0.474. The number of hydrogen-bond acceptors (Lipinski definition) is 3. The fourth-order valence-corrected chi connectivity index (χ4v) is 3.08. The number of rotatable bonds is 3. The molecule has 2 aromatic carbocycles. The zero-order valence-corrected chi connectivity index (χ0v) is 12.5. The van der Waals surface area contributed by atoms with E-state index in [4.69, 9.17) is 0 Å². The van der Waals surface area contributed by atoms with Gasteiger partial charge < -0.3 is 10.4 Å². The van der Waals surface area contributed by atoms with E-state index < -0.39 is 0 Å². The van der Waals surface area contributed by atoms with E-state index in [0.717, 1.165) is 22.5 Å². The Labute approximate surface area is 133 Å². The maximum absolute atomic E-state index is 14.3. The summed E-state index contributed by atoms with van der Waals surface area (Å²) in [5.74, 6) is -0.0319. The van der Waals surface area contributed by atoms with E-state index in [0.29, 0.717) is 25.2 Å². The number of halogens is 1. The molecule has 0 spiro atoms. The predicted molar refractivity (Wildman–Crippen MR) is 85.4 cm³/mol. The van der Waals surface area contributed by atoms with Gasteiger partial charge in [0.15, 0.2) is 0 Å². The van der Waals surface area contributed by atoms with E-state index in [1.807, 2.05) is 16.8 Å². The summed E-state index contributed by atoms with van der Waals surface area (Å²) in [5, 5.41) is 17.5. The molecule has 0 saturated heterocycles. The molecular weight excluding hydrogens is 293 g/mol. The van der Waals surface area contributed by atoms with Crippen LogP contribution in [0.25, 0.3) is 11.3 Å². The van der Waals surface area contributed by atoms with E-state index in [9.17, 15) is 9.50 Å². The first-order valence-electron chi connectivity index (χ1n) is 7.54. The molecule has 4 nitrogen and oxygen atoms in total. The zero-order chi connectivity index (χ0) is 15.8. The minimum atomic E-state index is -0.251. The van der Waals surface area contributed by atoms with E-state index in [-0.39, 0.29) is 11.6 Å². The van der Waals surface area contributed by atoms with Gasteiger partial charge in [-0.2, -0.15) is 5.10 Å². The summed E-state index contributed by atoms with van der Waals surface area (Å²) in [6.07, 6.45) is 0. The molecule has 2 N–H and O–H groups in total. The lowest BCUT2D eigenvalue weighted by Crippen LogP contribution is -2.10. The highest BCUT2D eigenvalue weighted by Gasteiger charge is 2.24. The number of phenols is 1. The van der Waals surface area contributed by atoms with Crippen molar-refractivity contribution in [3.63, 3.8) is 0 Å². The highest BCUT2D eigenvalue weighted by molar-refractivity contribution is 5.66. The number of phenolic OH excluding ortho intramolecular Hbond substituents is 1. The average Bonchev–Trinajstić information content (AvgIpc) is 3.09. The highest BCUT2D eigenvalue weighted by atomic mass is 19.1. The van der Waals surface area contributed by atoms with E-state index >= 15 is 0 Å². The lowest BCUT2D eigenvalue weighted by atomic mass is 10.1. The van der Waals surface area contributed by atoms with E-state index in [1.165, 1.54) is 6.07 Å². The van der Waals surface area contributed by atoms with Crippen molar-refractivity contribution in [1.82, 2.24) is 15.1 Å². The highest BCUT2D eigenvalue weighted by Crippen LogP contribution is 2.31. The van der Waals surface area contributed by atoms with Crippen LogP contribution in [0.2, 0.25) is 0 Å². The van der Waals surface area contributed by atoms with Crippen LogP contribution in [0.15, 0.2) is 48.5 Å². The van der Waals surface area contributed by atoms with Crippen LogP contribution in [-0.4, -0.2) is 14.9 Å². The Bertz CT molecular complexity index is 872. The van der Waals surface area contributed by atoms with Gasteiger partial charge in [-0.15, -0.1) is 0 Å². The number of benzene rings is 2. The van der Waals surface area contributed by atoms with Crippen molar-refractivity contribution < 1.29 is 9.50 Å². The van der Waals surface area contributed by atoms with Crippen molar-refractivity contribution in [2.45, 2.75) is 19.6 Å². The molecule has 0 bridgehead atoms. The first-order valence-corrected chi connectivity index (χ1v) is 7.54. The summed E-state index contributed by atoms with van der Waals surface area (Å²) in [7, 11) is 0. The second-order valence-electron chi connectivity index (χ2n) is 5.68. The normalized spacial score (nSPS) is 13.3. The Morgan fingerprint density at radius 2 is 2.00 bits per heavy atom. The van der Waals surface area contributed by atoms with Crippen LogP contribution in [-0.2, 0) is 19.6 Å². The van der Waals surface area contributed by atoms with Crippen molar-refractivity contribution in [2.75, 3.05) is 0 Å². The fraction of sp³-hybridized carbons (Fsp3) is 0.167. The largest absolute Gasteiger partial charge is 0.508 e. The van der Waals surface area contributed by atoms with Gasteiger partial charge in [-0.3, -0.25) is 4.68 Å². The quantitative estimate of drug-likeness (QED) is 0.782. The number of hydrogen-bond donors (Lipinski definition) is 2. The van der Waals surface area contributed by atoms with Crippen molar-refractivity contribution in [3.8, 4) is 17.0 Å². The van der Waals surface area contributed by atoms with Gasteiger partial charge in [0.1, 0.15) is 11.6 Å². The fourth-order valence-electron chi connectivity index (χ4n) is 3.08. The van der Waals surface area contributed by atoms with E-state index in [1.54, 1.807) is 30.3 Å². The molecule has 1 aromatic heterocycles. The third kappa shape index (κ3) is 2.49. The molecule has 3 aromatic rings. The molecule has 0 aliphatic carbocycles. The van der Waals surface area contributed by atoms with Crippen LogP contribution in [0.3, 0.4) is 0 Å². The molecule has 0 unspecified atom stereocenters. The minimum Gasteiger partial charge on any atom is -0.508 e. The number of aromatic nitrogens is 2.